The van der Waals surface area contributed by atoms with E-state index in [0.717, 1.165) is 10.0 Å². The Morgan fingerprint density at radius 2 is 1.56 bits per heavy atom. The fourth-order valence-corrected chi connectivity index (χ4v) is 9.39. The van der Waals surface area contributed by atoms with Crippen molar-refractivity contribution in [2.24, 2.45) is 23.7 Å². The van der Waals surface area contributed by atoms with Gasteiger partial charge in [0.25, 0.3) is 11.7 Å². The van der Waals surface area contributed by atoms with Crippen LogP contribution in [-0.2, 0) is 30.3 Å². The molecule has 2 aliphatic rings. The number of anilines is 1. The molecule has 14 nitrogen and oxygen atoms in total. The van der Waals surface area contributed by atoms with Crippen molar-refractivity contribution in [1.82, 2.24) is 4.57 Å². The minimum Gasteiger partial charge on any atom is -0.507 e. The van der Waals surface area contributed by atoms with Gasteiger partial charge in [-0.2, -0.15) is 0 Å². The number of allylic oxidation sites excluding steroid dienone is 2. The number of benzene rings is 3. The largest absolute Gasteiger partial charge is 0.507 e. The van der Waals surface area contributed by atoms with E-state index in [9.17, 15) is 39.6 Å². The minimum atomic E-state index is -2.04. The van der Waals surface area contributed by atoms with Crippen molar-refractivity contribution in [3.8, 4) is 17.2 Å². The van der Waals surface area contributed by atoms with Crippen LogP contribution in [-0.4, -0.2) is 85.7 Å². The van der Waals surface area contributed by atoms with Crippen LogP contribution in [0.4, 0.5) is 5.69 Å². The second-order valence-electron chi connectivity index (χ2n) is 17.3. The number of aliphatic hydroxyl groups is 2. The quantitative estimate of drug-likeness (QED) is 0.0729. The van der Waals surface area contributed by atoms with Gasteiger partial charge in [-0.3, -0.25) is 19.2 Å². The number of phenols is 2. The van der Waals surface area contributed by atoms with Gasteiger partial charge in [0.05, 0.1) is 46.7 Å². The number of hydrogen-bond donors (Lipinski definition) is 5. The van der Waals surface area contributed by atoms with Gasteiger partial charge >= 0.3 is 11.8 Å². The number of phenolic OH excluding ortho intramolecular Hbond substituents is 2. The molecule has 4 bridgehead atoms. The molecule has 9 unspecified atom stereocenters. The fourth-order valence-electron chi connectivity index (χ4n) is 9.12. The summed E-state index contributed by atoms with van der Waals surface area (Å²) in [4.78, 5) is 55.3. The molecule has 3 heterocycles. The number of halogens is 1. The Balaban J connectivity index is 1.65. The molecule has 4 aromatic rings. The standard InChI is InChI=1S/C49H57BrN2O12/c1-22-13-12-14-23(2)48(60)51-39-36-34(29(8)53)28(7)52(21-31-15-17-32(50)18-16-31)40(36)35-37(44(39)58)43(57)27(6)46-38(35)47(59)49(10,64-46)62-20-19-33(61-11)24(3)45(63-30(9)54)26(5)42(56)25(4)41(22)55/h12-20,22,24-26,33,41-42,45,55-58H,21H2,1-11H3,(H,51,60)/b13-12-,20-19+,23-14+. The summed E-state index contributed by atoms with van der Waals surface area (Å²) >= 11 is 3.48. The third kappa shape index (κ3) is 8.58. The number of ether oxygens (including phenoxy) is 4. The number of ketones is 2. The van der Waals surface area contributed by atoms with Crippen LogP contribution in [0.1, 0.15) is 92.9 Å². The normalized spacial score (nSPS) is 28.6. The number of carbonyl (C=O) groups excluding carboxylic acids is 4. The third-order valence-corrected chi connectivity index (χ3v) is 13.4. The number of aliphatic hydroxyl groups excluding tert-OH is 2. The molecular weight excluding hydrogens is 888 g/mol. The van der Waals surface area contributed by atoms with Crippen molar-refractivity contribution in [1.29, 1.82) is 0 Å². The van der Waals surface area contributed by atoms with Crippen LogP contribution in [0.25, 0.3) is 21.7 Å². The zero-order valence-electron chi connectivity index (χ0n) is 37.9. The first-order valence-electron chi connectivity index (χ1n) is 21.2. The minimum absolute atomic E-state index is 0.0159. The van der Waals surface area contributed by atoms with Crippen LogP contribution in [0.15, 0.2) is 64.9 Å². The molecule has 342 valence electrons. The molecule has 9 atom stereocenters. The lowest BCUT2D eigenvalue weighted by Crippen LogP contribution is -2.46. The molecule has 0 radical (unpaired) electrons. The average molecular weight is 946 g/mol. The number of Topliss-reactive ketones (excluding diaryl/α,β-unsaturated/α-hetero) is 2. The highest BCUT2D eigenvalue weighted by molar-refractivity contribution is 9.10. The summed E-state index contributed by atoms with van der Waals surface area (Å²) in [6, 6.07) is 7.51. The lowest BCUT2D eigenvalue weighted by molar-refractivity contribution is -0.160. The van der Waals surface area contributed by atoms with Gasteiger partial charge in [-0.15, -0.1) is 0 Å². The lowest BCUT2D eigenvalue weighted by atomic mass is 9.78. The number of amides is 1. The highest BCUT2D eigenvalue weighted by Gasteiger charge is 2.50. The highest BCUT2D eigenvalue weighted by Crippen LogP contribution is 2.55. The fraction of sp³-hybridized carbons (Fsp3) is 0.429. The molecule has 0 saturated carbocycles. The monoisotopic (exact) mass is 944 g/mol. The lowest BCUT2D eigenvalue weighted by Gasteiger charge is -2.38. The predicted octanol–water partition coefficient (Wildman–Crippen LogP) is 8.33. The molecule has 3 aromatic carbocycles. The van der Waals surface area contributed by atoms with Crippen molar-refractivity contribution in [2.75, 3.05) is 12.4 Å². The van der Waals surface area contributed by atoms with Gasteiger partial charge in [-0.05, 0) is 51.5 Å². The number of fused-ring (bicyclic) bond motifs is 1. The van der Waals surface area contributed by atoms with Crippen molar-refractivity contribution < 1.29 is 58.6 Å². The average Bonchev–Trinajstić information content (AvgIpc) is 3.68. The molecule has 0 aliphatic carbocycles. The van der Waals surface area contributed by atoms with E-state index < -0.39 is 83.0 Å². The van der Waals surface area contributed by atoms with Crippen LogP contribution in [0.5, 0.6) is 17.2 Å². The Morgan fingerprint density at radius 1 is 0.906 bits per heavy atom. The van der Waals surface area contributed by atoms with Gasteiger partial charge < -0.3 is 49.3 Å². The molecule has 64 heavy (non-hydrogen) atoms. The molecule has 2 aliphatic heterocycles. The zero-order valence-corrected chi connectivity index (χ0v) is 39.5. The van der Waals surface area contributed by atoms with Gasteiger partial charge in [0.2, 0.25) is 0 Å². The number of methoxy groups -OCH3 is 1. The van der Waals surface area contributed by atoms with E-state index in [1.807, 2.05) is 28.8 Å². The molecule has 1 amide bonds. The molecule has 0 fully saturated rings. The molecule has 0 saturated heterocycles. The molecule has 1 aromatic heterocycles. The topological polar surface area (TPSA) is 203 Å². The summed E-state index contributed by atoms with van der Waals surface area (Å²) in [6.45, 7) is 16.0. The number of aromatic nitrogens is 1. The van der Waals surface area contributed by atoms with E-state index >= 15 is 0 Å². The number of carbonyl (C=O) groups is 4. The Hall–Kier alpha value is -5.48. The first kappa shape index (κ1) is 48.0. The van der Waals surface area contributed by atoms with Gasteiger partial charge in [0.15, 0.2) is 11.5 Å². The summed E-state index contributed by atoms with van der Waals surface area (Å²) in [5.41, 5.74) is 1.83. The number of aromatic hydroxyl groups is 2. The first-order chi connectivity index (χ1) is 30.1. The van der Waals surface area contributed by atoms with Crippen molar-refractivity contribution in [3.05, 3.63) is 92.8 Å². The first-order valence-corrected chi connectivity index (χ1v) is 22.0. The van der Waals surface area contributed by atoms with E-state index in [4.69, 9.17) is 18.9 Å². The Kier molecular flexibility index (Phi) is 13.9. The van der Waals surface area contributed by atoms with Crippen molar-refractivity contribution in [3.63, 3.8) is 0 Å². The van der Waals surface area contributed by atoms with Crippen LogP contribution in [0.3, 0.4) is 0 Å². The summed E-state index contributed by atoms with van der Waals surface area (Å²) in [6.07, 6.45) is 3.66. The van der Waals surface area contributed by atoms with E-state index in [2.05, 4.69) is 21.2 Å². The van der Waals surface area contributed by atoms with E-state index in [0.29, 0.717) is 5.69 Å². The maximum Gasteiger partial charge on any atom is 0.312 e. The van der Waals surface area contributed by atoms with Crippen LogP contribution in [0.2, 0.25) is 0 Å². The SMILES string of the molecule is COC1/C=C/OC2(C)Oc3c(C)c(O)c4c(O)c(c5c(C(C)=O)c(C)n(Cc6ccc(Br)cc6)c5c4c3C2=O)NC(=O)/C(C)=C/C=C\C(C)C(O)C(C)C(O)C(C)C(OC(C)=O)C1C. The Morgan fingerprint density at radius 3 is 2.17 bits per heavy atom. The summed E-state index contributed by atoms with van der Waals surface area (Å²) in [5.74, 6) is -7.88. The van der Waals surface area contributed by atoms with Crippen molar-refractivity contribution >= 4 is 66.7 Å². The zero-order chi connectivity index (χ0) is 47.3. The molecule has 0 spiro atoms. The van der Waals surface area contributed by atoms with Gasteiger partial charge in [0, 0.05) is 88.8 Å². The third-order valence-electron chi connectivity index (χ3n) is 12.9. The van der Waals surface area contributed by atoms with Gasteiger partial charge in [-0.1, -0.05) is 74.0 Å². The maximum atomic E-state index is 15.0. The summed E-state index contributed by atoms with van der Waals surface area (Å²) in [5, 5.41) is 50.3. The smallest absolute Gasteiger partial charge is 0.312 e. The summed E-state index contributed by atoms with van der Waals surface area (Å²) < 4.78 is 26.8. The predicted molar refractivity (Wildman–Crippen MR) is 246 cm³/mol. The number of hydrogen-bond acceptors (Lipinski definition) is 12. The van der Waals surface area contributed by atoms with Crippen LogP contribution >= 0.6 is 15.9 Å². The van der Waals surface area contributed by atoms with Gasteiger partial charge in [0.1, 0.15) is 17.6 Å². The van der Waals surface area contributed by atoms with Crippen LogP contribution in [0, 0.1) is 37.5 Å². The maximum absolute atomic E-state index is 15.0. The van der Waals surface area contributed by atoms with Crippen molar-refractivity contribution in [2.45, 2.75) is 106 Å². The number of rotatable bonds is 5. The number of nitrogens with zero attached hydrogens (tertiary/aromatic N) is 1. The van der Waals surface area contributed by atoms with Crippen LogP contribution < -0.4 is 10.1 Å². The second-order valence-corrected chi connectivity index (χ2v) is 18.2. The highest BCUT2D eigenvalue weighted by atomic mass is 79.9. The number of esters is 1. The molecule has 6 rings (SSSR count). The van der Waals surface area contributed by atoms with E-state index in [-0.39, 0.29) is 67.7 Å². The summed E-state index contributed by atoms with van der Waals surface area (Å²) in [7, 11) is 1.45. The Labute approximate surface area is 380 Å². The molecule has 15 heteroatoms. The van der Waals surface area contributed by atoms with Gasteiger partial charge in [-0.25, -0.2) is 0 Å². The molecule has 5 N–H and O–H groups in total. The molecular formula is C49H57BrN2O12. The van der Waals surface area contributed by atoms with E-state index in [1.54, 1.807) is 53.7 Å². The Bertz CT molecular complexity index is 2630. The second kappa shape index (κ2) is 18.6. The number of nitrogens with one attached hydrogen (secondary N) is 1. The van der Waals surface area contributed by atoms with E-state index in [1.165, 1.54) is 53.2 Å².